The monoisotopic (exact) mass is 339 g/mol. The van der Waals surface area contributed by atoms with E-state index >= 15 is 0 Å². The molecule has 1 rings (SSSR count). The highest BCUT2D eigenvalue weighted by Crippen LogP contribution is 2.30. The van der Waals surface area contributed by atoms with Crippen molar-refractivity contribution in [3.8, 4) is 11.5 Å². The molecule has 3 N–H and O–H groups in total. The zero-order chi connectivity index (χ0) is 18.9. The highest BCUT2D eigenvalue weighted by molar-refractivity contribution is 5.84. The molecule has 0 spiro atoms. The minimum Gasteiger partial charge on any atom is -0.508 e. The average molecular weight is 339 g/mol. The van der Waals surface area contributed by atoms with E-state index in [1.807, 2.05) is 0 Å². The smallest absolute Gasteiger partial charge is 0.328 e. The zero-order valence-corrected chi connectivity index (χ0v) is 15.3. The molecule has 0 aromatic heterocycles. The number of phenolic OH excluding ortho intramolecular Hbond substituents is 2. The van der Waals surface area contributed by atoms with Gasteiger partial charge in [-0.2, -0.15) is 0 Å². The van der Waals surface area contributed by atoms with E-state index in [4.69, 9.17) is 0 Å². The van der Waals surface area contributed by atoms with Crippen molar-refractivity contribution >= 4 is 11.9 Å². The molecule has 1 aromatic carbocycles. The molecular formula is C18H29NO5. The van der Waals surface area contributed by atoms with Gasteiger partial charge in [-0.25, -0.2) is 4.79 Å². The second kappa shape index (κ2) is 10.5. The molecule has 6 nitrogen and oxygen atoms in total. The lowest BCUT2D eigenvalue weighted by atomic mass is 9.96. The largest absolute Gasteiger partial charge is 0.508 e. The second-order valence-electron chi connectivity index (χ2n) is 6.39. The third-order valence-electron chi connectivity index (χ3n) is 2.97. The van der Waals surface area contributed by atoms with Gasteiger partial charge in [0.1, 0.15) is 17.5 Å². The SMILES string of the molecule is CC(C)C.COC(=O)C(C)NC(=O)CC(C)c1ccc(O)cc1O. The minimum absolute atomic E-state index is 0.0396. The van der Waals surface area contributed by atoms with E-state index in [0.29, 0.717) is 5.56 Å². The van der Waals surface area contributed by atoms with E-state index in [0.717, 1.165) is 5.92 Å². The molecule has 0 aliphatic heterocycles. The number of nitrogens with one attached hydrogen (secondary N) is 1. The Morgan fingerprint density at radius 1 is 1.12 bits per heavy atom. The maximum atomic E-state index is 11.8. The fraction of sp³-hybridized carbons (Fsp3) is 0.556. The summed E-state index contributed by atoms with van der Waals surface area (Å²) >= 11 is 0. The van der Waals surface area contributed by atoms with Crippen LogP contribution in [0.4, 0.5) is 0 Å². The molecule has 6 heteroatoms. The summed E-state index contributed by atoms with van der Waals surface area (Å²) in [6.45, 7) is 9.81. The second-order valence-corrected chi connectivity index (χ2v) is 6.39. The van der Waals surface area contributed by atoms with Crippen molar-refractivity contribution in [1.82, 2.24) is 5.32 Å². The van der Waals surface area contributed by atoms with Gasteiger partial charge in [-0.1, -0.05) is 33.8 Å². The molecule has 24 heavy (non-hydrogen) atoms. The van der Waals surface area contributed by atoms with Crippen LogP contribution in [0, 0.1) is 5.92 Å². The topological polar surface area (TPSA) is 95.9 Å². The van der Waals surface area contributed by atoms with Gasteiger partial charge in [-0.15, -0.1) is 0 Å². The third kappa shape index (κ3) is 8.41. The molecule has 0 bridgehead atoms. The lowest BCUT2D eigenvalue weighted by molar-refractivity contribution is -0.144. The van der Waals surface area contributed by atoms with Crippen molar-refractivity contribution in [2.24, 2.45) is 5.92 Å². The molecule has 0 aliphatic carbocycles. The van der Waals surface area contributed by atoms with Crippen LogP contribution in [0.25, 0.3) is 0 Å². The summed E-state index contributed by atoms with van der Waals surface area (Å²) in [5, 5.41) is 21.5. The summed E-state index contributed by atoms with van der Waals surface area (Å²) in [5.41, 5.74) is 0.559. The number of aromatic hydroxyl groups is 2. The lowest BCUT2D eigenvalue weighted by Crippen LogP contribution is -2.39. The number of amides is 1. The number of ether oxygens (including phenoxy) is 1. The summed E-state index contributed by atoms with van der Waals surface area (Å²) in [5.74, 6) is -0.352. The molecule has 1 aromatic rings. The van der Waals surface area contributed by atoms with Gasteiger partial charge in [0.25, 0.3) is 0 Å². The number of hydrogen-bond donors (Lipinski definition) is 3. The van der Waals surface area contributed by atoms with E-state index in [1.54, 1.807) is 13.0 Å². The fourth-order valence-corrected chi connectivity index (χ4v) is 1.87. The Morgan fingerprint density at radius 2 is 1.67 bits per heavy atom. The van der Waals surface area contributed by atoms with E-state index in [9.17, 15) is 19.8 Å². The van der Waals surface area contributed by atoms with Gasteiger partial charge in [0, 0.05) is 12.5 Å². The van der Waals surface area contributed by atoms with Crippen molar-refractivity contribution in [3.05, 3.63) is 23.8 Å². The molecular weight excluding hydrogens is 310 g/mol. The number of rotatable bonds is 5. The predicted octanol–water partition coefficient (Wildman–Crippen LogP) is 2.93. The molecule has 2 unspecified atom stereocenters. The predicted molar refractivity (Wildman–Crippen MR) is 92.9 cm³/mol. The van der Waals surface area contributed by atoms with E-state index in [-0.39, 0.29) is 29.7 Å². The van der Waals surface area contributed by atoms with Gasteiger partial charge in [0.15, 0.2) is 0 Å². The summed E-state index contributed by atoms with van der Waals surface area (Å²) in [6, 6.07) is 3.52. The number of hydrogen-bond acceptors (Lipinski definition) is 5. The maximum absolute atomic E-state index is 11.8. The van der Waals surface area contributed by atoms with Gasteiger partial charge >= 0.3 is 5.97 Å². The molecule has 136 valence electrons. The van der Waals surface area contributed by atoms with Gasteiger partial charge in [0.2, 0.25) is 5.91 Å². The van der Waals surface area contributed by atoms with E-state index in [2.05, 4.69) is 30.8 Å². The molecule has 0 heterocycles. The number of methoxy groups -OCH3 is 1. The first-order valence-corrected chi connectivity index (χ1v) is 7.97. The Labute approximate surface area is 143 Å². The van der Waals surface area contributed by atoms with Gasteiger partial charge in [0.05, 0.1) is 7.11 Å². The van der Waals surface area contributed by atoms with Crippen LogP contribution >= 0.6 is 0 Å². The summed E-state index contributed by atoms with van der Waals surface area (Å²) < 4.78 is 4.51. The first-order valence-electron chi connectivity index (χ1n) is 7.97. The standard InChI is InChI=1S/C14H19NO5.C4H10/c1-8(11-5-4-10(16)7-12(11)17)6-13(18)15-9(2)14(19)20-3;1-4(2)3/h4-5,7-9,16-17H,6H2,1-3H3,(H,15,18);4H,1-3H3. The van der Waals surface area contributed by atoms with Crippen molar-refractivity contribution < 1.29 is 24.5 Å². The Bertz CT molecular complexity index is 539. The van der Waals surface area contributed by atoms with Crippen LogP contribution in [-0.4, -0.2) is 35.2 Å². The van der Waals surface area contributed by atoms with Crippen molar-refractivity contribution in [3.63, 3.8) is 0 Å². The minimum atomic E-state index is -0.715. The van der Waals surface area contributed by atoms with Crippen molar-refractivity contribution in [2.45, 2.75) is 53.0 Å². The molecule has 0 saturated heterocycles. The summed E-state index contributed by atoms with van der Waals surface area (Å²) in [6.07, 6.45) is 0.111. The van der Waals surface area contributed by atoms with Crippen LogP contribution in [0.1, 0.15) is 52.5 Å². The Kier molecular flexibility index (Phi) is 9.54. The first kappa shape index (κ1) is 21.8. The number of carbonyl (C=O) groups excluding carboxylic acids is 2. The third-order valence-corrected chi connectivity index (χ3v) is 2.97. The highest BCUT2D eigenvalue weighted by Gasteiger charge is 2.19. The van der Waals surface area contributed by atoms with Crippen molar-refractivity contribution in [2.75, 3.05) is 7.11 Å². The maximum Gasteiger partial charge on any atom is 0.328 e. The number of carbonyl (C=O) groups is 2. The fourth-order valence-electron chi connectivity index (χ4n) is 1.87. The van der Waals surface area contributed by atoms with Gasteiger partial charge < -0.3 is 20.3 Å². The number of esters is 1. The summed E-state index contributed by atoms with van der Waals surface area (Å²) in [7, 11) is 1.25. The first-order chi connectivity index (χ1) is 11.1. The highest BCUT2D eigenvalue weighted by atomic mass is 16.5. The van der Waals surface area contributed by atoms with Crippen LogP contribution in [0.15, 0.2) is 18.2 Å². The van der Waals surface area contributed by atoms with E-state index in [1.165, 1.54) is 26.2 Å². The molecule has 0 aliphatic rings. The summed E-state index contributed by atoms with van der Waals surface area (Å²) in [4.78, 5) is 23.0. The molecule has 0 saturated carbocycles. The van der Waals surface area contributed by atoms with Crippen LogP contribution in [0.2, 0.25) is 0 Å². The molecule has 1 amide bonds. The van der Waals surface area contributed by atoms with Gasteiger partial charge in [-0.3, -0.25) is 4.79 Å². The Hall–Kier alpha value is -2.24. The van der Waals surface area contributed by atoms with E-state index < -0.39 is 12.0 Å². The van der Waals surface area contributed by atoms with Crippen LogP contribution in [-0.2, 0) is 14.3 Å². The average Bonchev–Trinajstić information content (AvgIpc) is 2.45. The van der Waals surface area contributed by atoms with Crippen LogP contribution in [0.5, 0.6) is 11.5 Å². The number of phenols is 2. The zero-order valence-electron chi connectivity index (χ0n) is 15.3. The Morgan fingerprint density at radius 3 is 2.12 bits per heavy atom. The quantitative estimate of drug-likeness (QED) is 0.717. The van der Waals surface area contributed by atoms with Crippen molar-refractivity contribution in [1.29, 1.82) is 0 Å². The molecule has 0 radical (unpaired) electrons. The molecule has 0 fully saturated rings. The Balaban J connectivity index is 0.00000118. The number of benzene rings is 1. The normalized spacial score (nSPS) is 12.6. The molecule has 2 atom stereocenters. The van der Waals surface area contributed by atoms with Gasteiger partial charge in [-0.05, 0) is 30.4 Å². The van der Waals surface area contributed by atoms with Crippen LogP contribution < -0.4 is 5.32 Å². The lowest BCUT2D eigenvalue weighted by Gasteiger charge is -2.16. The van der Waals surface area contributed by atoms with Crippen LogP contribution in [0.3, 0.4) is 0 Å².